The Kier molecular flexibility index (Phi) is 6.16. The second-order valence-electron chi connectivity index (χ2n) is 6.84. The van der Waals surface area contributed by atoms with Crippen molar-refractivity contribution in [1.29, 1.82) is 0 Å². The lowest BCUT2D eigenvalue weighted by atomic mass is 10.0. The van der Waals surface area contributed by atoms with Crippen LogP contribution in [0.25, 0.3) is 0 Å². The van der Waals surface area contributed by atoms with E-state index in [1.807, 2.05) is 0 Å². The molecule has 0 radical (unpaired) electrons. The summed E-state index contributed by atoms with van der Waals surface area (Å²) < 4.78 is 37.7. The van der Waals surface area contributed by atoms with Crippen LogP contribution in [0, 0.1) is 5.92 Å². The zero-order chi connectivity index (χ0) is 18.6. The van der Waals surface area contributed by atoms with Crippen LogP contribution >= 0.6 is 0 Å². The Morgan fingerprint density at radius 3 is 2.35 bits per heavy atom. The van der Waals surface area contributed by atoms with Crippen LogP contribution < -0.4 is 4.74 Å². The summed E-state index contributed by atoms with van der Waals surface area (Å²) in [4.78, 5) is 14.0. The van der Waals surface area contributed by atoms with E-state index < -0.39 is 10.0 Å². The molecule has 0 atom stereocenters. The molecule has 2 heterocycles. The number of piperidine rings is 1. The van der Waals surface area contributed by atoms with Gasteiger partial charge in [0.1, 0.15) is 5.75 Å². The van der Waals surface area contributed by atoms with Gasteiger partial charge in [-0.25, -0.2) is 8.42 Å². The summed E-state index contributed by atoms with van der Waals surface area (Å²) in [5, 5.41) is 0. The van der Waals surface area contributed by atoms with E-state index in [1.54, 1.807) is 33.5 Å². The number of amides is 1. The Morgan fingerprint density at radius 1 is 1.12 bits per heavy atom. The molecule has 2 saturated heterocycles. The van der Waals surface area contributed by atoms with E-state index in [0.29, 0.717) is 51.1 Å². The number of nitrogens with zero attached hydrogens (tertiary/aromatic N) is 2. The second kappa shape index (κ2) is 8.37. The average Bonchev–Trinajstić information content (AvgIpc) is 2.67. The molecule has 26 heavy (non-hydrogen) atoms. The highest BCUT2D eigenvalue weighted by atomic mass is 32.2. The largest absolute Gasteiger partial charge is 0.484 e. The molecular weight excluding hydrogens is 356 g/mol. The summed E-state index contributed by atoms with van der Waals surface area (Å²) in [5.74, 6) is 0.964. The molecule has 1 aromatic carbocycles. The van der Waals surface area contributed by atoms with E-state index in [4.69, 9.17) is 9.47 Å². The Morgan fingerprint density at radius 2 is 1.73 bits per heavy atom. The molecule has 0 spiro atoms. The summed E-state index contributed by atoms with van der Waals surface area (Å²) >= 11 is 0. The van der Waals surface area contributed by atoms with E-state index >= 15 is 0 Å². The first-order valence-corrected chi connectivity index (χ1v) is 10.5. The fourth-order valence-corrected chi connectivity index (χ4v) is 4.60. The minimum absolute atomic E-state index is 0.0594. The maximum atomic E-state index is 12.7. The molecule has 7 nitrogen and oxygen atoms in total. The van der Waals surface area contributed by atoms with Crippen molar-refractivity contribution in [2.24, 2.45) is 5.92 Å². The van der Waals surface area contributed by atoms with Crippen molar-refractivity contribution in [3.8, 4) is 5.75 Å². The van der Waals surface area contributed by atoms with Crippen LogP contribution in [0.2, 0.25) is 0 Å². The zero-order valence-electron chi connectivity index (χ0n) is 15.1. The quantitative estimate of drug-likeness (QED) is 0.768. The molecule has 1 aromatic rings. The van der Waals surface area contributed by atoms with Crippen LogP contribution in [0.5, 0.6) is 5.75 Å². The third-order valence-electron chi connectivity index (χ3n) is 4.93. The summed E-state index contributed by atoms with van der Waals surface area (Å²) in [7, 11) is -3.46. The van der Waals surface area contributed by atoms with Crippen molar-refractivity contribution in [2.45, 2.75) is 24.7 Å². The zero-order valence-corrected chi connectivity index (χ0v) is 15.9. The number of rotatable bonds is 5. The predicted octanol–water partition coefficient (Wildman–Crippen LogP) is 1.34. The maximum Gasteiger partial charge on any atom is 0.260 e. The Hall–Kier alpha value is -1.64. The molecule has 2 fully saturated rings. The molecule has 0 unspecified atom stereocenters. The summed E-state index contributed by atoms with van der Waals surface area (Å²) in [6.07, 6.45) is 1.79. The van der Waals surface area contributed by atoms with E-state index in [-0.39, 0.29) is 17.4 Å². The van der Waals surface area contributed by atoms with E-state index in [2.05, 4.69) is 6.92 Å². The number of hydrogen-bond acceptors (Lipinski definition) is 5. The van der Waals surface area contributed by atoms with Crippen LogP contribution in [-0.4, -0.2) is 69.5 Å². The molecule has 2 aliphatic heterocycles. The molecular formula is C18H26N2O5S. The van der Waals surface area contributed by atoms with Gasteiger partial charge >= 0.3 is 0 Å². The second-order valence-corrected chi connectivity index (χ2v) is 8.78. The number of carbonyl (C=O) groups is 1. The first-order chi connectivity index (χ1) is 12.5. The number of hydrogen-bond donors (Lipinski definition) is 0. The number of benzene rings is 1. The number of carbonyl (C=O) groups excluding carboxylic acids is 1. The highest BCUT2D eigenvalue weighted by Crippen LogP contribution is 2.24. The fourth-order valence-electron chi connectivity index (χ4n) is 3.13. The topological polar surface area (TPSA) is 76.2 Å². The van der Waals surface area contributed by atoms with Crippen molar-refractivity contribution in [1.82, 2.24) is 9.21 Å². The Balaban J connectivity index is 1.56. The van der Waals surface area contributed by atoms with Crippen LogP contribution in [0.1, 0.15) is 19.8 Å². The number of ether oxygens (including phenoxy) is 2. The van der Waals surface area contributed by atoms with Gasteiger partial charge in [-0.3, -0.25) is 4.79 Å². The molecule has 2 aliphatic rings. The van der Waals surface area contributed by atoms with Gasteiger partial charge in [-0.1, -0.05) is 6.92 Å². The lowest BCUT2D eigenvalue weighted by molar-refractivity contribution is -0.137. The highest BCUT2D eigenvalue weighted by molar-refractivity contribution is 7.89. The fraction of sp³-hybridized carbons (Fsp3) is 0.611. The lowest BCUT2D eigenvalue weighted by Gasteiger charge is -2.29. The van der Waals surface area contributed by atoms with Gasteiger partial charge < -0.3 is 14.4 Å². The molecule has 0 aliphatic carbocycles. The first kappa shape index (κ1) is 19.1. The summed E-state index contributed by atoms with van der Waals surface area (Å²) in [6.45, 7) is 5.47. The number of morpholine rings is 1. The molecule has 0 saturated carbocycles. The van der Waals surface area contributed by atoms with Crippen LogP contribution in [0.3, 0.4) is 0 Å². The third kappa shape index (κ3) is 4.55. The molecule has 8 heteroatoms. The van der Waals surface area contributed by atoms with Crippen LogP contribution in [0.4, 0.5) is 0 Å². The van der Waals surface area contributed by atoms with Crippen molar-refractivity contribution in [3.05, 3.63) is 24.3 Å². The van der Waals surface area contributed by atoms with Crippen LogP contribution in [-0.2, 0) is 19.6 Å². The van der Waals surface area contributed by atoms with Gasteiger partial charge in [0.2, 0.25) is 10.0 Å². The summed E-state index contributed by atoms with van der Waals surface area (Å²) in [5.41, 5.74) is 0. The Bertz CT molecular complexity index is 706. The maximum absolute atomic E-state index is 12.7. The minimum Gasteiger partial charge on any atom is -0.484 e. The van der Waals surface area contributed by atoms with Gasteiger partial charge in [-0.2, -0.15) is 4.31 Å². The van der Waals surface area contributed by atoms with Gasteiger partial charge in [0.25, 0.3) is 5.91 Å². The molecule has 3 rings (SSSR count). The monoisotopic (exact) mass is 382 g/mol. The van der Waals surface area contributed by atoms with Crippen molar-refractivity contribution in [3.63, 3.8) is 0 Å². The molecule has 1 amide bonds. The Labute approximate surface area is 154 Å². The normalized spacial score (nSPS) is 20.1. The molecule has 0 N–H and O–H groups in total. The summed E-state index contributed by atoms with van der Waals surface area (Å²) in [6, 6.07) is 6.29. The highest BCUT2D eigenvalue weighted by Gasteiger charge is 2.28. The third-order valence-corrected chi connectivity index (χ3v) is 6.84. The lowest BCUT2D eigenvalue weighted by Crippen LogP contribution is -2.42. The van der Waals surface area contributed by atoms with Gasteiger partial charge in [0.15, 0.2) is 6.61 Å². The molecule has 144 valence electrons. The van der Waals surface area contributed by atoms with Gasteiger partial charge in [0.05, 0.1) is 18.1 Å². The first-order valence-electron chi connectivity index (χ1n) is 9.05. The van der Waals surface area contributed by atoms with Crippen LogP contribution in [0.15, 0.2) is 29.2 Å². The smallest absolute Gasteiger partial charge is 0.260 e. The van der Waals surface area contributed by atoms with E-state index in [9.17, 15) is 13.2 Å². The van der Waals surface area contributed by atoms with E-state index in [1.165, 1.54) is 0 Å². The predicted molar refractivity (Wildman–Crippen MR) is 96.5 cm³/mol. The van der Waals surface area contributed by atoms with Crippen molar-refractivity contribution in [2.75, 3.05) is 46.0 Å². The van der Waals surface area contributed by atoms with Gasteiger partial charge in [0, 0.05) is 26.2 Å². The van der Waals surface area contributed by atoms with Gasteiger partial charge in [-0.05, 0) is 43.0 Å². The van der Waals surface area contributed by atoms with E-state index in [0.717, 1.165) is 12.8 Å². The molecule has 0 bridgehead atoms. The van der Waals surface area contributed by atoms with Crippen molar-refractivity contribution < 1.29 is 22.7 Å². The minimum atomic E-state index is -3.46. The molecule has 0 aromatic heterocycles. The van der Waals surface area contributed by atoms with Crippen molar-refractivity contribution >= 4 is 15.9 Å². The SMILES string of the molecule is CC1CCN(S(=O)(=O)c2ccc(OCC(=O)N3CCOCC3)cc2)CC1. The average molecular weight is 382 g/mol. The van der Waals surface area contributed by atoms with Gasteiger partial charge in [-0.15, -0.1) is 0 Å². The number of sulfonamides is 1. The standard InChI is InChI=1S/C18H26N2O5S/c1-15-6-8-20(9-7-15)26(22,23)17-4-2-16(3-5-17)25-14-18(21)19-10-12-24-13-11-19/h2-5,15H,6-14H2,1H3.